The summed E-state index contributed by atoms with van der Waals surface area (Å²) < 4.78 is 11.8. The number of likely N-dealkylation sites (tertiary alicyclic amines) is 1. The molecule has 5 rings (SSSR count). The van der Waals surface area contributed by atoms with Crippen LogP contribution in [0.2, 0.25) is 0 Å². The zero-order valence-corrected chi connectivity index (χ0v) is 25.9. The first-order valence-corrected chi connectivity index (χ1v) is 15.6. The van der Waals surface area contributed by atoms with Crippen molar-refractivity contribution in [3.63, 3.8) is 0 Å². The molecule has 0 unspecified atom stereocenters. The van der Waals surface area contributed by atoms with Gasteiger partial charge in [-0.3, -0.25) is 0 Å². The van der Waals surface area contributed by atoms with Crippen LogP contribution in [0, 0.1) is 13.8 Å². The van der Waals surface area contributed by atoms with E-state index < -0.39 is 5.60 Å². The highest BCUT2D eigenvalue weighted by Gasteiger charge is 2.28. The van der Waals surface area contributed by atoms with E-state index in [1.165, 1.54) is 21.6 Å². The Labute approximate surface area is 248 Å². The van der Waals surface area contributed by atoms with Gasteiger partial charge < -0.3 is 24.4 Å². The van der Waals surface area contributed by atoms with Gasteiger partial charge >= 0.3 is 6.09 Å². The summed E-state index contributed by atoms with van der Waals surface area (Å²) in [7, 11) is 0. The van der Waals surface area contributed by atoms with Gasteiger partial charge in [-0.05, 0) is 82.2 Å². The molecule has 1 fully saturated rings. The maximum absolute atomic E-state index is 12.6. The summed E-state index contributed by atoms with van der Waals surface area (Å²) >= 11 is 1.73. The smallest absolute Gasteiger partial charge is 0.410 e. The zero-order valence-electron chi connectivity index (χ0n) is 25.0. The second kappa shape index (κ2) is 12.5. The average molecular weight is 578 g/mol. The standard InChI is InChI=1S/C33H43N3O4S/c1-22-25(26-10-7-12-29(23(26)2)39-20-8-16-35-17-13-24(37)14-18-35)9-6-11-27(22)31-34-28-21-36(19-15-30(28)41-31)32(38)40-33(3,4)5/h6-7,9-12,24,37H,8,13-21H2,1-5H3. The topological polar surface area (TPSA) is 75.1 Å². The predicted molar refractivity (Wildman–Crippen MR) is 165 cm³/mol. The summed E-state index contributed by atoms with van der Waals surface area (Å²) in [5.41, 5.74) is 6.27. The molecule has 220 valence electrons. The maximum Gasteiger partial charge on any atom is 0.410 e. The molecule has 1 saturated heterocycles. The van der Waals surface area contributed by atoms with E-state index in [0.717, 1.165) is 72.9 Å². The van der Waals surface area contributed by atoms with Crippen LogP contribution in [0.4, 0.5) is 4.79 Å². The molecule has 0 bridgehead atoms. The monoisotopic (exact) mass is 577 g/mol. The number of amides is 1. The van der Waals surface area contributed by atoms with E-state index >= 15 is 0 Å². The molecule has 0 atom stereocenters. The van der Waals surface area contributed by atoms with Crippen LogP contribution >= 0.6 is 11.3 Å². The van der Waals surface area contributed by atoms with Gasteiger partial charge in [-0.1, -0.05) is 30.3 Å². The van der Waals surface area contributed by atoms with Gasteiger partial charge in [0.1, 0.15) is 16.4 Å². The van der Waals surface area contributed by atoms with Crippen molar-refractivity contribution < 1.29 is 19.4 Å². The molecule has 1 aromatic heterocycles. The van der Waals surface area contributed by atoms with Crippen molar-refractivity contribution in [3.05, 3.63) is 58.1 Å². The van der Waals surface area contributed by atoms with E-state index in [-0.39, 0.29) is 12.2 Å². The van der Waals surface area contributed by atoms with E-state index in [1.807, 2.05) is 20.8 Å². The Morgan fingerprint density at radius 3 is 2.44 bits per heavy atom. The Morgan fingerprint density at radius 1 is 1.02 bits per heavy atom. The molecule has 2 aliphatic rings. The quantitative estimate of drug-likeness (QED) is 0.319. The van der Waals surface area contributed by atoms with E-state index in [1.54, 1.807) is 16.2 Å². The molecule has 2 aromatic carbocycles. The predicted octanol–water partition coefficient (Wildman–Crippen LogP) is 6.61. The number of hydrogen-bond donors (Lipinski definition) is 1. The number of carbonyl (C=O) groups excluding carboxylic acids is 1. The largest absolute Gasteiger partial charge is 0.493 e. The van der Waals surface area contributed by atoms with Crippen LogP contribution in [0.3, 0.4) is 0 Å². The van der Waals surface area contributed by atoms with E-state index in [9.17, 15) is 9.90 Å². The van der Waals surface area contributed by atoms with Gasteiger partial charge in [0.15, 0.2) is 0 Å². The zero-order chi connectivity index (χ0) is 29.1. The van der Waals surface area contributed by atoms with Crippen molar-refractivity contribution in [1.29, 1.82) is 0 Å². The number of ether oxygens (including phenoxy) is 2. The summed E-state index contributed by atoms with van der Waals surface area (Å²) in [5, 5.41) is 10.7. The number of aliphatic hydroxyl groups excluding tert-OH is 1. The van der Waals surface area contributed by atoms with Crippen LogP contribution < -0.4 is 4.74 Å². The molecule has 0 spiro atoms. The normalized spacial score (nSPS) is 16.5. The number of hydrogen-bond acceptors (Lipinski definition) is 7. The summed E-state index contributed by atoms with van der Waals surface area (Å²) in [5.74, 6) is 0.924. The molecule has 8 heteroatoms. The van der Waals surface area contributed by atoms with Crippen molar-refractivity contribution in [3.8, 4) is 27.4 Å². The second-order valence-electron chi connectivity index (χ2n) is 12.2. The molecular weight excluding hydrogens is 534 g/mol. The van der Waals surface area contributed by atoms with Crippen molar-refractivity contribution in [2.24, 2.45) is 0 Å². The molecule has 3 heterocycles. The van der Waals surface area contributed by atoms with Crippen molar-refractivity contribution >= 4 is 17.4 Å². The number of aliphatic hydroxyl groups is 1. The van der Waals surface area contributed by atoms with Gasteiger partial charge in [-0.25, -0.2) is 9.78 Å². The molecule has 3 aromatic rings. The average Bonchev–Trinajstić information content (AvgIpc) is 3.35. The molecule has 0 saturated carbocycles. The highest BCUT2D eigenvalue weighted by molar-refractivity contribution is 7.15. The van der Waals surface area contributed by atoms with Crippen molar-refractivity contribution in [2.45, 2.75) is 78.6 Å². The van der Waals surface area contributed by atoms with Gasteiger partial charge in [0, 0.05) is 43.0 Å². The second-order valence-corrected chi connectivity index (χ2v) is 13.3. The third-order valence-electron chi connectivity index (χ3n) is 7.95. The maximum atomic E-state index is 12.6. The minimum atomic E-state index is -0.513. The number of aromatic nitrogens is 1. The molecule has 1 amide bonds. The molecular formula is C33H43N3O4S. The molecule has 7 nitrogen and oxygen atoms in total. The van der Waals surface area contributed by atoms with Gasteiger partial charge in [-0.15, -0.1) is 11.3 Å². The van der Waals surface area contributed by atoms with Crippen LogP contribution in [0.1, 0.15) is 61.7 Å². The fourth-order valence-electron chi connectivity index (χ4n) is 5.63. The Bertz CT molecular complexity index is 1370. The van der Waals surface area contributed by atoms with Crippen molar-refractivity contribution in [1.82, 2.24) is 14.8 Å². The number of piperidine rings is 1. The number of rotatable bonds is 7. The fourth-order valence-corrected chi connectivity index (χ4v) is 6.77. The van der Waals surface area contributed by atoms with Crippen LogP contribution in [0.15, 0.2) is 36.4 Å². The Balaban J connectivity index is 1.28. The number of benzene rings is 2. The van der Waals surface area contributed by atoms with Crippen LogP contribution in [-0.2, 0) is 17.7 Å². The number of carbonyl (C=O) groups is 1. The van der Waals surface area contributed by atoms with E-state index in [4.69, 9.17) is 14.5 Å². The molecule has 0 radical (unpaired) electrons. The van der Waals surface area contributed by atoms with Crippen LogP contribution in [0.25, 0.3) is 21.7 Å². The Morgan fingerprint density at radius 2 is 1.71 bits per heavy atom. The van der Waals surface area contributed by atoms with Gasteiger partial charge in [0.05, 0.1) is 24.9 Å². The Kier molecular flexibility index (Phi) is 9.02. The van der Waals surface area contributed by atoms with E-state index in [2.05, 4.69) is 55.1 Å². The first-order chi connectivity index (χ1) is 19.6. The fraction of sp³-hybridized carbons (Fsp3) is 0.515. The SMILES string of the molecule is Cc1c(OCCCN2CCC(O)CC2)cccc1-c1cccc(-c2nc3c(s2)CCN(C(=O)OC(C)(C)C)C3)c1C. The van der Waals surface area contributed by atoms with Gasteiger partial charge in [0.2, 0.25) is 0 Å². The summed E-state index contributed by atoms with van der Waals surface area (Å²) in [4.78, 5) is 23.1. The number of thiazole rings is 1. The number of fused-ring (bicyclic) bond motifs is 1. The third-order valence-corrected chi connectivity index (χ3v) is 9.14. The highest BCUT2D eigenvalue weighted by Crippen LogP contribution is 2.39. The van der Waals surface area contributed by atoms with Crippen LogP contribution in [0.5, 0.6) is 5.75 Å². The lowest BCUT2D eigenvalue weighted by molar-refractivity contribution is 0.0222. The molecule has 2 aliphatic heterocycles. The lowest BCUT2D eigenvalue weighted by Gasteiger charge is -2.29. The lowest BCUT2D eigenvalue weighted by atomic mass is 9.93. The minimum Gasteiger partial charge on any atom is -0.493 e. The molecule has 41 heavy (non-hydrogen) atoms. The third kappa shape index (κ3) is 7.11. The first kappa shape index (κ1) is 29.5. The molecule has 0 aliphatic carbocycles. The van der Waals surface area contributed by atoms with Gasteiger partial charge in [0.25, 0.3) is 0 Å². The summed E-state index contributed by atoms with van der Waals surface area (Å²) in [6.07, 6.45) is 3.09. The summed E-state index contributed by atoms with van der Waals surface area (Å²) in [6, 6.07) is 12.7. The summed E-state index contributed by atoms with van der Waals surface area (Å²) in [6.45, 7) is 14.7. The Hall–Kier alpha value is -2.94. The molecule has 1 N–H and O–H groups in total. The van der Waals surface area contributed by atoms with Gasteiger partial charge in [-0.2, -0.15) is 0 Å². The van der Waals surface area contributed by atoms with Crippen molar-refractivity contribution in [2.75, 3.05) is 32.8 Å². The number of nitrogens with zero attached hydrogens (tertiary/aromatic N) is 3. The first-order valence-electron chi connectivity index (χ1n) is 14.8. The van der Waals surface area contributed by atoms with Crippen LogP contribution in [-0.4, -0.2) is 70.5 Å². The highest BCUT2D eigenvalue weighted by atomic mass is 32.1. The lowest BCUT2D eigenvalue weighted by Crippen LogP contribution is -2.39. The minimum absolute atomic E-state index is 0.134. The van der Waals surface area contributed by atoms with E-state index in [0.29, 0.717) is 19.7 Å².